The van der Waals surface area contributed by atoms with Gasteiger partial charge < -0.3 is 10.2 Å². The lowest BCUT2D eigenvalue weighted by molar-refractivity contribution is 0.0988. The summed E-state index contributed by atoms with van der Waals surface area (Å²) in [6.07, 6.45) is 1.57. The standard InChI is InChI=1S/C19H15Cl2N3O/c1-24(14-6-3-2-4-7-14)19(25)17-12-13(10-11-22-17)23-18-15(20)8-5-9-16(18)21/h2-12H,1H3,(H,22,23). The minimum absolute atomic E-state index is 0.208. The number of benzene rings is 2. The monoisotopic (exact) mass is 371 g/mol. The fourth-order valence-electron chi connectivity index (χ4n) is 2.33. The smallest absolute Gasteiger partial charge is 0.276 e. The average molecular weight is 372 g/mol. The van der Waals surface area contributed by atoms with Crippen LogP contribution in [-0.4, -0.2) is 17.9 Å². The van der Waals surface area contributed by atoms with Crippen molar-refractivity contribution in [3.8, 4) is 0 Å². The maximum Gasteiger partial charge on any atom is 0.276 e. The molecule has 0 atom stereocenters. The quantitative estimate of drug-likeness (QED) is 0.666. The number of carbonyl (C=O) groups excluding carboxylic acids is 1. The lowest BCUT2D eigenvalue weighted by atomic mass is 10.2. The van der Waals surface area contributed by atoms with Crippen molar-refractivity contribution in [2.75, 3.05) is 17.3 Å². The van der Waals surface area contributed by atoms with Crippen molar-refractivity contribution in [1.82, 2.24) is 4.98 Å². The van der Waals surface area contributed by atoms with Gasteiger partial charge in [0.2, 0.25) is 0 Å². The van der Waals surface area contributed by atoms with Gasteiger partial charge in [-0.1, -0.05) is 47.5 Å². The first kappa shape index (κ1) is 17.3. The highest BCUT2D eigenvalue weighted by Crippen LogP contribution is 2.32. The molecule has 0 aliphatic carbocycles. The SMILES string of the molecule is CN(C(=O)c1cc(Nc2c(Cl)cccc2Cl)ccn1)c1ccccc1. The van der Waals surface area contributed by atoms with Gasteiger partial charge >= 0.3 is 0 Å². The number of halogens is 2. The molecule has 0 bridgehead atoms. The van der Waals surface area contributed by atoms with Crippen LogP contribution in [-0.2, 0) is 0 Å². The number of hydrogen-bond donors (Lipinski definition) is 1. The van der Waals surface area contributed by atoms with Gasteiger partial charge in [-0.2, -0.15) is 0 Å². The Kier molecular flexibility index (Phi) is 5.22. The Hall–Kier alpha value is -2.56. The van der Waals surface area contributed by atoms with Gasteiger partial charge in [0.1, 0.15) is 5.69 Å². The molecule has 3 aromatic rings. The molecule has 0 spiro atoms. The van der Waals surface area contributed by atoms with Crippen LogP contribution in [0.15, 0.2) is 66.9 Å². The molecule has 0 unspecified atom stereocenters. The molecule has 6 heteroatoms. The predicted molar refractivity (Wildman–Crippen MR) is 103 cm³/mol. The Morgan fingerprint density at radius 2 is 1.68 bits per heavy atom. The molecule has 0 aliphatic heterocycles. The van der Waals surface area contributed by atoms with Crippen LogP contribution < -0.4 is 10.2 Å². The summed E-state index contributed by atoms with van der Waals surface area (Å²) in [5, 5.41) is 4.14. The second-order valence-corrected chi connectivity index (χ2v) is 6.17. The Balaban J connectivity index is 1.85. The lowest BCUT2D eigenvalue weighted by Crippen LogP contribution is -2.27. The van der Waals surface area contributed by atoms with E-state index in [0.717, 1.165) is 5.69 Å². The van der Waals surface area contributed by atoms with Crippen molar-refractivity contribution < 1.29 is 4.79 Å². The number of carbonyl (C=O) groups is 1. The van der Waals surface area contributed by atoms with Gasteiger partial charge in [-0.3, -0.25) is 9.78 Å². The van der Waals surface area contributed by atoms with Crippen molar-refractivity contribution in [3.63, 3.8) is 0 Å². The number of nitrogens with zero attached hydrogens (tertiary/aromatic N) is 2. The molecule has 126 valence electrons. The van der Waals surface area contributed by atoms with E-state index in [2.05, 4.69) is 10.3 Å². The summed E-state index contributed by atoms with van der Waals surface area (Å²) in [5.41, 5.74) is 2.38. The minimum atomic E-state index is -0.208. The molecule has 1 aromatic heterocycles. The van der Waals surface area contributed by atoms with Crippen LogP contribution in [0.4, 0.5) is 17.1 Å². The molecule has 1 heterocycles. The van der Waals surface area contributed by atoms with Gasteiger partial charge in [0.15, 0.2) is 0 Å². The number of nitrogens with one attached hydrogen (secondary N) is 1. The van der Waals surface area contributed by atoms with Crippen molar-refractivity contribution in [2.45, 2.75) is 0 Å². The maximum atomic E-state index is 12.7. The van der Waals surface area contributed by atoms with E-state index in [1.54, 1.807) is 48.5 Å². The Labute approximate surface area is 156 Å². The van der Waals surface area contributed by atoms with E-state index in [1.165, 1.54) is 0 Å². The zero-order valence-electron chi connectivity index (χ0n) is 13.4. The van der Waals surface area contributed by atoms with E-state index >= 15 is 0 Å². The molecule has 0 radical (unpaired) electrons. The fourth-order valence-corrected chi connectivity index (χ4v) is 2.82. The first-order valence-electron chi connectivity index (χ1n) is 7.56. The molecule has 0 fully saturated rings. The fraction of sp³-hybridized carbons (Fsp3) is 0.0526. The van der Waals surface area contributed by atoms with Gasteiger partial charge in [0.05, 0.1) is 15.7 Å². The van der Waals surface area contributed by atoms with Crippen LogP contribution in [0, 0.1) is 0 Å². The maximum absolute atomic E-state index is 12.7. The molecule has 1 amide bonds. The second-order valence-electron chi connectivity index (χ2n) is 5.35. The van der Waals surface area contributed by atoms with Crippen molar-refractivity contribution >= 4 is 46.2 Å². The molecule has 0 saturated carbocycles. The molecule has 0 aliphatic rings. The summed E-state index contributed by atoms with van der Waals surface area (Å²) in [5.74, 6) is -0.208. The highest BCUT2D eigenvalue weighted by atomic mass is 35.5. The third-order valence-electron chi connectivity index (χ3n) is 3.66. The van der Waals surface area contributed by atoms with E-state index in [-0.39, 0.29) is 5.91 Å². The van der Waals surface area contributed by atoms with Crippen LogP contribution in [0.2, 0.25) is 10.0 Å². The van der Waals surface area contributed by atoms with E-state index in [4.69, 9.17) is 23.2 Å². The summed E-state index contributed by atoms with van der Waals surface area (Å²) < 4.78 is 0. The van der Waals surface area contributed by atoms with Crippen LogP contribution in [0.5, 0.6) is 0 Å². The number of hydrogen-bond acceptors (Lipinski definition) is 3. The first-order valence-corrected chi connectivity index (χ1v) is 8.32. The second kappa shape index (κ2) is 7.55. The first-order chi connectivity index (χ1) is 12.1. The molecular formula is C19H15Cl2N3O. The van der Waals surface area contributed by atoms with Gasteiger partial charge in [0.25, 0.3) is 5.91 Å². The molecular weight excluding hydrogens is 357 g/mol. The molecule has 25 heavy (non-hydrogen) atoms. The van der Waals surface area contributed by atoms with E-state index in [1.807, 2.05) is 30.3 Å². The van der Waals surface area contributed by atoms with Crippen LogP contribution in [0.1, 0.15) is 10.5 Å². The van der Waals surface area contributed by atoms with Gasteiger partial charge in [-0.15, -0.1) is 0 Å². The topological polar surface area (TPSA) is 45.2 Å². The van der Waals surface area contributed by atoms with Crippen LogP contribution >= 0.6 is 23.2 Å². The van der Waals surface area contributed by atoms with Gasteiger partial charge in [0, 0.05) is 24.6 Å². The Bertz CT molecular complexity index is 880. The van der Waals surface area contributed by atoms with E-state index in [9.17, 15) is 4.79 Å². The number of para-hydroxylation sites is 2. The summed E-state index contributed by atoms with van der Waals surface area (Å²) in [6.45, 7) is 0. The number of pyridine rings is 1. The highest BCUT2D eigenvalue weighted by molar-refractivity contribution is 6.39. The third-order valence-corrected chi connectivity index (χ3v) is 4.29. The van der Waals surface area contributed by atoms with Gasteiger partial charge in [-0.25, -0.2) is 0 Å². The lowest BCUT2D eigenvalue weighted by Gasteiger charge is -2.17. The van der Waals surface area contributed by atoms with Crippen molar-refractivity contribution in [2.24, 2.45) is 0 Å². The number of anilines is 3. The molecule has 0 saturated heterocycles. The van der Waals surface area contributed by atoms with Gasteiger partial charge in [-0.05, 0) is 36.4 Å². The van der Waals surface area contributed by atoms with Crippen LogP contribution in [0.3, 0.4) is 0 Å². The minimum Gasteiger partial charge on any atom is -0.353 e. The Morgan fingerprint density at radius 1 is 1.00 bits per heavy atom. The molecule has 4 nitrogen and oxygen atoms in total. The summed E-state index contributed by atoms with van der Waals surface area (Å²) in [6, 6.07) is 18.1. The van der Waals surface area contributed by atoms with E-state index in [0.29, 0.717) is 27.1 Å². The normalized spacial score (nSPS) is 10.4. The zero-order chi connectivity index (χ0) is 17.8. The Morgan fingerprint density at radius 3 is 2.36 bits per heavy atom. The number of rotatable bonds is 4. The average Bonchev–Trinajstić information content (AvgIpc) is 2.64. The molecule has 2 aromatic carbocycles. The predicted octanol–water partition coefficient (Wildman–Crippen LogP) is 5.41. The number of aromatic nitrogens is 1. The zero-order valence-corrected chi connectivity index (χ0v) is 14.9. The molecule has 3 rings (SSSR count). The number of amides is 1. The summed E-state index contributed by atoms with van der Waals surface area (Å²) >= 11 is 12.3. The third kappa shape index (κ3) is 3.92. The van der Waals surface area contributed by atoms with Crippen LogP contribution in [0.25, 0.3) is 0 Å². The van der Waals surface area contributed by atoms with Crippen molar-refractivity contribution in [3.05, 3.63) is 82.6 Å². The van der Waals surface area contributed by atoms with E-state index < -0.39 is 0 Å². The van der Waals surface area contributed by atoms with Crippen molar-refractivity contribution in [1.29, 1.82) is 0 Å². The summed E-state index contributed by atoms with van der Waals surface area (Å²) in [7, 11) is 1.71. The largest absolute Gasteiger partial charge is 0.353 e. The molecule has 1 N–H and O–H groups in total. The highest BCUT2D eigenvalue weighted by Gasteiger charge is 2.15. The summed E-state index contributed by atoms with van der Waals surface area (Å²) in [4.78, 5) is 18.4.